The fourth-order valence-corrected chi connectivity index (χ4v) is 8.98. The van der Waals surface area contributed by atoms with Crippen LogP contribution in [0.25, 0.3) is 0 Å². The minimum absolute atomic E-state index is 0.0570. The van der Waals surface area contributed by atoms with Crippen LogP contribution in [0.3, 0.4) is 0 Å². The Morgan fingerprint density at radius 3 is 1.60 bits per heavy atom. The van der Waals surface area contributed by atoms with Gasteiger partial charge in [0.15, 0.2) is 14.5 Å². The Labute approximate surface area is 385 Å². The van der Waals surface area contributed by atoms with Crippen LogP contribution in [-0.2, 0) is 18.7 Å². The van der Waals surface area contributed by atoms with Gasteiger partial charge in [0.1, 0.15) is 24.9 Å². The Morgan fingerprint density at radius 1 is 0.698 bits per heavy atom. The number of rotatable bonds is 37. The molecule has 1 N–H and O–H groups in total. The van der Waals surface area contributed by atoms with E-state index in [-0.39, 0.29) is 11.6 Å². The molecule has 360 valence electrons. The highest BCUT2D eigenvalue weighted by Crippen LogP contribution is 2.42. The van der Waals surface area contributed by atoms with Crippen molar-refractivity contribution < 1.29 is 18.7 Å². The third kappa shape index (κ3) is 24.9. The van der Waals surface area contributed by atoms with Crippen LogP contribution in [-0.4, -0.2) is 55.6 Å². The van der Waals surface area contributed by atoms with E-state index in [0.29, 0.717) is 0 Å². The van der Waals surface area contributed by atoms with Crippen molar-refractivity contribution in [1.29, 1.82) is 0 Å². The van der Waals surface area contributed by atoms with Crippen LogP contribution in [0.4, 0.5) is 0 Å². The van der Waals surface area contributed by atoms with Crippen LogP contribution >= 0.6 is 0 Å². The molecule has 0 aromatic carbocycles. The van der Waals surface area contributed by atoms with Crippen LogP contribution in [0.1, 0.15) is 208 Å². The number of H-pyrrole nitrogens is 1. The first-order valence-electron chi connectivity index (χ1n) is 25.4. The Hall–Kier alpha value is -2.79. The van der Waals surface area contributed by atoms with Crippen LogP contribution in [0.15, 0.2) is 75.6 Å². The predicted octanol–water partition coefficient (Wildman–Crippen LogP) is 14.6. The third-order valence-corrected chi connectivity index (χ3v) is 17.2. The second kappa shape index (κ2) is 34.5. The van der Waals surface area contributed by atoms with E-state index >= 15 is 0 Å². The lowest BCUT2D eigenvalue weighted by Gasteiger charge is -2.40. The summed E-state index contributed by atoms with van der Waals surface area (Å²) in [5.41, 5.74) is 0.100. The van der Waals surface area contributed by atoms with E-state index in [2.05, 4.69) is 101 Å². The van der Waals surface area contributed by atoms with Crippen LogP contribution in [0.2, 0.25) is 18.1 Å². The number of oxime groups is 1. The van der Waals surface area contributed by atoms with Gasteiger partial charge in [-0.1, -0.05) is 165 Å². The molecule has 0 amide bonds. The SMILES string of the molecule is CCCCC/C=C\C/C=C\CCCCCCCCC(CCCCCCCC/C=C\C/C=C\CCCCC)=NOC[C@H]1O[C@@H](n2ccc(=O)[nH]c2=O)C(OC)C1O[Si](C)(C)C(C)(C)C. The highest BCUT2D eigenvalue weighted by atomic mass is 28.4. The molecule has 1 aliphatic rings. The Balaban J connectivity index is 1.94. The van der Waals surface area contributed by atoms with Gasteiger partial charge in [-0.2, -0.15) is 0 Å². The van der Waals surface area contributed by atoms with Gasteiger partial charge in [-0.3, -0.25) is 14.3 Å². The zero-order chi connectivity index (χ0) is 46.0. The number of allylic oxidation sites excluding steroid dienone is 8. The van der Waals surface area contributed by atoms with Gasteiger partial charge in [-0.15, -0.1) is 0 Å². The molecule has 0 aliphatic carbocycles. The van der Waals surface area contributed by atoms with Crippen molar-refractivity contribution in [2.75, 3.05) is 13.7 Å². The number of ether oxygens (including phenoxy) is 2. The normalized spacial score (nSPS) is 18.5. The van der Waals surface area contributed by atoms with Gasteiger partial charge in [0.2, 0.25) is 0 Å². The van der Waals surface area contributed by atoms with Gasteiger partial charge in [0, 0.05) is 19.4 Å². The molecule has 1 aliphatic heterocycles. The standard InChI is InChI=1S/C53H93N3O6Si/c1-9-11-13-15-17-19-21-23-25-27-29-31-33-35-37-39-41-46(42-40-38-36-34-32-30-28-26-24-22-20-18-16-14-12-10-2)55-60-45-47-49(62-63(7,8)53(3,4)5)50(59-6)51(61-47)56-44-43-48(57)54-52(56)58/h17-20,23-26,43-44,47,49-51H,9-16,21-22,27-42,45H2,1-8H3,(H,54,57,58)/b19-17-,20-18-,25-23-,26-24-/t47-,49?,50?,51-/m1/s1. The first kappa shape index (κ1) is 56.3. The molecule has 1 saturated heterocycles. The number of aromatic nitrogens is 2. The molecule has 0 saturated carbocycles. The summed E-state index contributed by atoms with van der Waals surface area (Å²) in [4.78, 5) is 33.3. The van der Waals surface area contributed by atoms with Crippen molar-refractivity contribution in [2.24, 2.45) is 5.16 Å². The van der Waals surface area contributed by atoms with Crippen molar-refractivity contribution in [1.82, 2.24) is 9.55 Å². The Bertz CT molecular complexity index is 1520. The fraction of sp³-hybridized carbons (Fsp3) is 0.755. The van der Waals surface area contributed by atoms with Gasteiger partial charge >= 0.3 is 5.69 Å². The average molecular weight is 896 g/mol. The van der Waals surface area contributed by atoms with E-state index in [1.807, 2.05) is 0 Å². The van der Waals surface area contributed by atoms with Crippen molar-refractivity contribution in [2.45, 2.75) is 244 Å². The molecule has 0 spiro atoms. The highest BCUT2D eigenvalue weighted by molar-refractivity contribution is 6.74. The molecule has 0 radical (unpaired) electrons. The number of aromatic amines is 1. The Morgan fingerprint density at radius 2 is 1.16 bits per heavy atom. The summed E-state index contributed by atoms with van der Waals surface area (Å²) in [7, 11) is -0.679. The highest BCUT2D eigenvalue weighted by Gasteiger charge is 2.51. The first-order chi connectivity index (χ1) is 30.4. The van der Waals surface area contributed by atoms with Gasteiger partial charge in [-0.05, 0) is 108 Å². The Kier molecular flexibility index (Phi) is 30.9. The quantitative estimate of drug-likeness (QED) is 0.0235. The van der Waals surface area contributed by atoms with Crippen LogP contribution in [0, 0.1) is 0 Å². The maximum absolute atomic E-state index is 12.9. The van der Waals surface area contributed by atoms with Gasteiger partial charge < -0.3 is 18.7 Å². The zero-order valence-corrected chi connectivity index (χ0v) is 42.5. The lowest BCUT2D eigenvalue weighted by Crippen LogP contribution is -2.50. The summed E-state index contributed by atoms with van der Waals surface area (Å²) in [5, 5.41) is 4.71. The summed E-state index contributed by atoms with van der Waals surface area (Å²) < 4.78 is 20.8. The van der Waals surface area contributed by atoms with Crippen LogP contribution < -0.4 is 11.2 Å². The minimum atomic E-state index is -2.29. The van der Waals surface area contributed by atoms with Crippen molar-refractivity contribution in [3.8, 4) is 0 Å². The molecule has 2 rings (SSSR count). The van der Waals surface area contributed by atoms with Gasteiger partial charge in [0.05, 0.1) is 5.71 Å². The molecular formula is C53H93N3O6Si. The summed E-state index contributed by atoms with van der Waals surface area (Å²) in [5.74, 6) is 0. The summed E-state index contributed by atoms with van der Waals surface area (Å²) in [6.45, 7) is 15.7. The van der Waals surface area contributed by atoms with Crippen molar-refractivity contribution in [3.05, 3.63) is 81.7 Å². The average Bonchev–Trinajstić information content (AvgIpc) is 3.57. The summed E-state index contributed by atoms with van der Waals surface area (Å²) in [6.07, 6.45) is 49.0. The molecule has 1 fully saturated rings. The number of nitrogens with one attached hydrogen (secondary N) is 1. The van der Waals surface area contributed by atoms with E-state index in [9.17, 15) is 9.59 Å². The largest absolute Gasteiger partial charge is 0.408 e. The monoisotopic (exact) mass is 896 g/mol. The van der Waals surface area contributed by atoms with Gasteiger partial charge in [0.25, 0.3) is 5.56 Å². The van der Waals surface area contributed by atoms with E-state index in [4.69, 9.17) is 23.9 Å². The molecule has 0 bridgehead atoms. The lowest BCUT2D eigenvalue weighted by molar-refractivity contribution is -0.0717. The summed E-state index contributed by atoms with van der Waals surface area (Å²) in [6, 6.07) is 1.32. The number of nitrogens with zero attached hydrogens (tertiary/aromatic N) is 2. The molecule has 63 heavy (non-hydrogen) atoms. The topological polar surface area (TPSA) is 104 Å². The zero-order valence-electron chi connectivity index (χ0n) is 41.5. The molecular weight excluding hydrogens is 803 g/mol. The molecule has 1 aromatic rings. The predicted molar refractivity (Wildman–Crippen MR) is 269 cm³/mol. The van der Waals surface area contributed by atoms with E-state index in [1.165, 1.54) is 145 Å². The van der Waals surface area contributed by atoms with Crippen molar-refractivity contribution >= 4 is 14.0 Å². The number of hydrogen-bond donors (Lipinski definition) is 1. The second-order valence-electron chi connectivity index (χ2n) is 19.2. The van der Waals surface area contributed by atoms with Gasteiger partial charge in [-0.25, -0.2) is 4.79 Å². The molecule has 10 heteroatoms. The van der Waals surface area contributed by atoms with E-state index < -0.39 is 44.1 Å². The fourth-order valence-electron chi connectivity index (χ4n) is 7.66. The minimum Gasteiger partial charge on any atom is -0.408 e. The van der Waals surface area contributed by atoms with E-state index in [1.54, 1.807) is 7.11 Å². The lowest BCUT2D eigenvalue weighted by atomic mass is 10.0. The number of methoxy groups -OCH3 is 1. The first-order valence-corrected chi connectivity index (χ1v) is 28.3. The summed E-state index contributed by atoms with van der Waals surface area (Å²) >= 11 is 0. The molecule has 2 heterocycles. The molecule has 2 unspecified atom stereocenters. The maximum Gasteiger partial charge on any atom is 0.330 e. The number of hydrogen-bond acceptors (Lipinski definition) is 7. The van der Waals surface area contributed by atoms with Crippen LogP contribution in [0.5, 0.6) is 0 Å². The second-order valence-corrected chi connectivity index (χ2v) is 24.0. The molecule has 1 aromatic heterocycles. The van der Waals surface area contributed by atoms with E-state index in [0.717, 1.165) is 44.2 Å². The van der Waals surface area contributed by atoms with Crippen molar-refractivity contribution in [3.63, 3.8) is 0 Å². The third-order valence-electron chi connectivity index (χ3n) is 12.7. The number of unbranched alkanes of at least 4 members (excludes halogenated alkanes) is 18. The maximum atomic E-state index is 12.9. The molecule has 4 atom stereocenters. The molecule has 9 nitrogen and oxygen atoms in total. The smallest absolute Gasteiger partial charge is 0.330 e.